The van der Waals surface area contributed by atoms with E-state index in [1.54, 1.807) is 6.07 Å². The van der Waals surface area contributed by atoms with Crippen LogP contribution in [0, 0.1) is 0 Å². The fourth-order valence-electron chi connectivity index (χ4n) is 3.35. The number of aliphatic imine (C=N–C) groups is 1. The van der Waals surface area contributed by atoms with Crippen LogP contribution in [0.3, 0.4) is 0 Å². The largest absolute Gasteiger partial charge is 0.372 e. The first-order chi connectivity index (χ1) is 12.2. The van der Waals surface area contributed by atoms with Gasteiger partial charge in [-0.25, -0.2) is 0 Å². The number of para-hydroxylation sites is 1. The Bertz CT molecular complexity index is 943. The highest BCUT2D eigenvalue weighted by Gasteiger charge is 2.12. The summed E-state index contributed by atoms with van der Waals surface area (Å²) in [7, 11) is 0. The van der Waals surface area contributed by atoms with Gasteiger partial charge in [-0.15, -0.1) is 0 Å². The normalized spacial score (nSPS) is 13.9. The number of nitrogens with one attached hydrogen (secondary N) is 1. The maximum absolute atomic E-state index is 6.36. The lowest BCUT2D eigenvalue weighted by Crippen LogP contribution is -2.18. The van der Waals surface area contributed by atoms with Crippen molar-refractivity contribution in [1.82, 2.24) is 9.88 Å². The second-order valence-electron chi connectivity index (χ2n) is 6.29. The van der Waals surface area contributed by atoms with Crippen LogP contribution in [0.15, 0.2) is 53.7 Å². The van der Waals surface area contributed by atoms with Crippen LogP contribution in [-0.2, 0) is 13.0 Å². The molecule has 1 aromatic heterocycles. The molecule has 0 atom stereocenters. The van der Waals surface area contributed by atoms with E-state index >= 15 is 0 Å². The molecule has 25 heavy (non-hydrogen) atoms. The van der Waals surface area contributed by atoms with E-state index in [4.69, 9.17) is 23.2 Å². The zero-order valence-corrected chi connectivity index (χ0v) is 15.3. The van der Waals surface area contributed by atoms with Gasteiger partial charge in [0, 0.05) is 46.7 Å². The van der Waals surface area contributed by atoms with E-state index in [1.807, 2.05) is 12.1 Å². The van der Waals surface area contributed by atoms with Crippen LogP contribution in [0.25, 0.3) is 10.9 Å². The monoisotopic (exact) mass is 371 g/mol. The number of aromatic nitrogens is 1. The summed E-state index contributed by atoms with van der Waals surface area (Å²) in [6.07, 6.45) is 4.18. The predicted molar refractivity (Wildman–Crippen MR) is 106 cm³/mol. The van der Waals surface area contributed by atoms with Gasteiger partial charge < -0.3 is 9.88 Å². The van der Waals surface area contributed by atoms with Gasteiger partial charge in [0.05, 0.1) is 12.4 Å². The number of amidine groups is 1. The summed E-state index contributed by atoms with van der Waals surface area (Å²) in [6, 6.07) is 14.2. The average Bonchev–Trinajstić information content (AvgIpc) is 3.24. The van der Waals surface area contributed by atoms with Gasteiger partial charge in [0.15, 0.2) is 0 Å². The lowest BCUT2D eigenvalue weighted by atomic mass is 10.1. The molecule has 128 valence electrons. The molecule has 0 bridgehead atoms. The van der Waals surface area contributed by atoms with E-state index in [1.165, 1.54) is 16.5 Å². The second-order valence-corrected chi connectivity index (χ2v) is 7.13. The fourth-order valence-corrected chi connectivity index (χ4v) is 3.82. The Balaban J connectivity index is 1.64. The van der Waals surface area contributed by atoms with E-state index < -0.39 is 0 Å². The van der Waals surface area contributed by atoms with Crippen molar-refractivity contribution < 1.29 is 0 Å². The van der Waals surface area contributed by atoms with Crippen molar-refractivity contribution in [2.45, 2.75) is 19.4 Å². The van der Waals surface area contributed by atoms with Crippen LogP contribution in [0.5, 0.6) is 0 Å². The summed E-state index contributed by atoms with van der Waals surface area (Å²) in [5.41, 5.74) is 3.64. The molecule has 0 spiro atoms. The van der Waals surface area contributed by atoms with Gasteiger partial charge in [0.25, 0.3) is 0 Å². The third-order valence-corrected chi connectivity index (χ3v) is 5.19. The Labute approximate surface area is 157 Å². The number of nitrogens with zero attached hydrogens (tertiary/aromatic N) is 2. The Kier molecular flexibility index (Phi) is 4.69. The highest BCUT2D eigenvalue weighted by molar-refractivity contribution is 6.35. The molecule has 2 heterocycles. The molecule has 1 N–H and O–H groups in total. The van der Waals surface area contributed by atoms with Gasteiger partial charge in [-0.1, -0.05) is 47.5 Å². The molecule has 2 aromatic carbocycles. The number of benzene rings is 2. The van der Waals surface area contributed by atoms with E-state index in [9.17, 15) is 0 Å². The van der Waals surface area contributed by atoms with Crippen LogP contribution >= 0.6 is 23.2 Å². The minimum absolute atomic E-state index is 0.664. The van der Waals surface area contributed by atoms with Crippen molar-refractivity contribution in [3.8, 4) is 0 Å². The molecular weight excluding hydrogens is 353 g/mol. The molecule has 0 unspecified atom stereocenters. The Morgan fingerprint density at radius 3 is 2.72 bits per heavy atom. The quantitative estimate of drug-likeness (QED) is 0.676. The van der Waals surface area contributed by atoms with Crippen molar-refractivity contribution in [2.24, 2.45) is 4.99 Å². The molecule has 5 heteroatoms. The van der Waals surface area contributed by atoms with E-state index in [0.717, 1.165) is 43.9 Å². The van der Waals surface area contributed by atoms with Crippen molar-refractivity contribution in [2.75, 3.05) is 13.1 Å². The molecule has 0 amide bonds. The average molecular weight is 372 g/mol. The summed E-state index contributed by atoms with van der Waals surface area (Å²) in [6.45, 7) is 2.59. The zero-order valence-electron chi connectivity index (χ0n) is 13.8. The molecule has 1 aliphatic rings. The number of hydrogen-bond acceptors (Lipinski definition) is 2. The highest BCUT2D eigenvalue weighted by atomic mass is 35.5. The molecule has 0 saturated heterocycles. The maximum Gasteiger partial charge on any atom is 0.0967 e. The Hall–Kier alpha value is -1.97. The molecular formula is C20H19Cl2N3. The summed E-state index contributed by atoms with van der Waals surface area (Å²) in [5, 5.41) is 6.01. The topological polar surface area (TPSA) is 29.3 Å². The van der Waals surface area contributed by atoms with Crippen molar-refractivity contribution in [1.29, 1.82) is 0 Å². The number of rotatable bonds is 5. The van der Waals surface area contributed by atoms with E-state index in [0.29, 0.717) is 10.0 Å². The van der Waals surface area contributed by atoms with Gasteiger partial charge >= 0.3 is 0 Å². The molecule has 3 nitrogen and oxygen atoms in total. The second kappa shape index (κ2) is 7.11. The lowest BCUT2D eigenvalue weighted by Gasteiger charge is -2.08. The molecule has 0 fully saturated rings. The molecule has 4 rings (SSSR count). The highest BCUT2D eigenvalue weighted by Crippen LogP contribution is 2.27. The third kappa shape index (κ3) is 3.53. The minimum atomic E-state index is 0.664. The fraction of sp³-hybridized carbons (Fsp3) is 0.250. The van der Waals surface area contributed by atoms with Crippen molar-refractivity contribution >= 4 is 39.9 Å². The first-order valence-corrected chi connectivity index (χ1v) is 9.24. The van der Waals surface area contributed by atoms with Gasteiger partial charge in [-0.2, -0.15) is 0 Å². The summed E-state index contributed by atoms with van der Waals surface area (Å²) in [4.78, 5) is 4.49. The number of fused-ring (bicyclic) bond motifs is 1. The SMILES string of the molecule is Clc1ccc(Cn2cc(CCC3=NCCN3)c3ccccc32)c(Cl)c1. The molecule has 1 aliphatic heterocycles. The first kappa shape index (κ1) is 16.5. The van der Waals surface area contributed by atoms with Gasteiger partial charge in [0.1, 0.15) is 0 Å². The Morgan fingerprint density at radius 2 is 1.92 bits per heavy atom. The van der Waals surface area contributed by atoms with E-state index in [2.05, 4.69) is 45.3 Å². The van der Waals surface area contributed by atoms with Crippen LogP contribution in [0.4, 0.5) is 0 Å². The smallest absolute Gasteiger partial charge is 0.0967 e. The van der Waals surface area contributed by atoms with Crippen molar-refractivity contribution in [3.63, 3.8) is 0 Å². The predicted octanol–water partition coefficient (Wildman–Crippen LogP) is 4.93. The summed E-state index contributed by atoms with van der Waals surface area (Å²) in [5.74, 6) is 1.12. The van der Waals surface area contributed by atoms with Gasteiger partial charge in [0.2, 0.25) is 0 Å². The summed E-state index contributed by atoms with van der Waals surface area (Å²) < 4.78 is 2.27. The molecule has 0 saturated carbocycles. The number of hydrogen-bond donors (Lipinski definition) is 1. The number of halogens is 2. The van der Waals surface area contributed by atoms with Crippen LogP contribution < -0.4 is 5.32 Å². The zero-order chi connectivity index (χ0) is 17.2. The van der Waals surface area contributed by atoms with Gasteiger partial charge in [-0.05, 0) is 35.7 Å². The van der Waals surface area contributed by atoms with Crippen LogP contribution in [0.1, 0.15) is 17.5 Å². The molecule has 3 aromatic rings. The van der Waals surface area contributed by atoms with Crippen molar-refractivity contribution in [3.05, 3.63) is 69.8 Å². The number of aryl methyl sites for hydroxylation is 1. The first-order valence-electron chi connectivity index (χ1n) is 8.48. The maximum atomic E-state index is 6.36. The minimum Gasteiger partial charge on any atom is -0.372 e. The Morgan fingerprint density at radius 1 is 1.04 bits per heavy atom. The third-order valence-electron chi connectivity index (χ3n) is 4.60. The molecule has 0 aliphatic carbocycles. The lowest BCUT2D eigenvalue weighted by molar-refractivity contribution is 0.828. The standard InChI is InChI=1S/C20H19Cl2N3/c21-16-7-5-15(18(22)11-16)13-25-12-14(6-8-20-23-9-10-24-20)17-3-1-2-4-19(17)25/h1-5,7,11-12H,6,8-10,13H2,(H,23,24). The van der Waals surface area contributed by atoms with Gasteiger partial charge in [-0.3, -0.25) is 4.99 Å². The van der Waals surface area contributed by atoms with E-state index in [-0.39, 0.29) is 0 Å². The van der Waals surface area contributed by atoms with Crippen LogP contribution in [-0.4, -0.2) is 23.5 Å². The van der Waals surface area contributed by atoms with Crippen LogP contribution in [0.2, 0.25) is 10.0 Å². The summed E-state index contributed by atoms with van der Waals surface area (Å²) >= 11 is 12.4. The molecule has 0 radical (unpaired) electrons.